The lowest BCUT2D eigenvalue weighted by atomic mass is 9.94. The number of H-pyrrole nitrogens is 1. The van der Waals surface area contributed by atoms with Gasteiger partial charge in [0, 0.05) is 12.3 Å². The molecule has 0 aliphatic heterocycles. The topological polar surface area (TPSA) is 97.8 Å². The minimum Gasteiger partial charge on any atom is -0.384 e. The van der Waals surface area contributed by atoms with Gasteiger partial charge in [-0.2, -0.15) is 0 Å². The molecule has 1 unspecified atom stereocenters. The van der Waals surface area contributed by atoms with Crippen molar-refractivity contribution < 1.29 is 4.79 Å². The van der Waals surface area contributed by atoms with Crippen LogP contribution in [0.4, 0.5) is 5.82 Å². The van der Waals surface area contributed by atoms with Gasteiger partial charge >= 0.3 is 0 Å². The molecule has 0 bridgehead atoms. The van der Waals surface area contributed by atoms with Gasteiger partial charge in [-0.25, -0.2) is 4.98 Å². The van der Waals surface area contributed by atoms with E-state index < -0.39 is 0 Å². The summed E-state index contributed by atoms with van der Waals surface area (Å²) in [6.45, 7) is 2.28. The second-order valence-corrected chi connectivity index (χ2v) is 8.66. The highest BCUT2D eigenvalue weighted by Crippen LogP contribution is 2.18. The predicted molar refractivity (Wildman–Crippen MR) is 124 cm³/mol. The number of aromatic nitrogens is 2. The predicted octanol–water partition coefficient (Wildman–Crippen LogP) is 6.29. The number of amides is 1. The fraction of sp³-hybridized carbons (Fsp3) is 0.833. The highest BCUT2D eigenvalue weighted by Gasteiger charge is 2.14. The van der Waals surface area contributed by atoms with Crippen molar-refractivity contribution >= 4 is 11.7 Å². The van der Waals surface area contributed by atoms with E-state index in [2.05, 4.69) is 16.9 Å². The number of unbranched alkanes of at least 4 members (excludes halogenated alkanes) is 13. The first-order valence-electron chi connectivity index (χ1n) is 12.2. The number of rotatable bonds is 20. The fourth-order valence-corrected chi connectivity index (χ4v) is 4.04. The molecule has 1 heterocycles. The first-order valence-corrected chi connectivity index (χ1v) is 12.2. The molecule has 1 rings (SSSR count). The largest absolute Gasteiger partial charge is 0.384 e. The second kappa shape index (κ2) is 17.3. The molecule has 1 amide bonds. The van der Waals surface area contributed by atoms with Gasteiger partial charge < -0.3 is 16.5 Å². The zero-order valence-corrected chi connectivity index (χ0v) is 18.9. The van der Waals surface area contributed by atoms with E-state index in [1.54, 1.807) is 6.20 Å². The number of hydrogen-bond donors (Lipinski definition) is 3. The molecule has 0 aliphatic rings. The molecular formula is C24H46N4O. The minimum atomic E-state index is -0.154. The van der Waals surface area contributed by atoms with Crippen LogP contribution in [0.15, 0.2) is 6.20 Å². The molecule has 0 radical (unpaired) electrons. The van der Waals surface area contributed by atoms with Crippen molar-refractivity contribution in [1.29, 1.82) is 0 Å². The molecule has 5 N–H and O–H groups in total. The third kappa shape index (κ3) is 14.2. The Balaban J connectivity index is 1.91. The highest BCUT2D eigenvalue weighted by molar-refractivity contribution is 5.76. The van der Waals surface area contributed by atoms with Crippen LogP contribution in [0.25, 0.3) is 0 Å². The van der Waals surface area contributed by atoms with Crippen LogP contribution in [0.1, 0.15) is 122 Å². The zero-order chi connectivity index (χ0) is 21.2. The van der Waals surface area contributed by atoms with Gasteiger partial charge in [0.15, 0.2) is 0 Å². The number of anilines is 1. The quantitative estimate of drug-likeness (QED) is 0.222. The van der Waals surface area contributed by atoms with E-state index in [9.17, 15) is 4.79 Å². The van der Waals surface area contributed by atoms with Crippen LogP contribution in [0, 0.1) is 5.92 Å². The summed E-state index contributed by atoms with van der Waals surface area (Å²) in [4.78, 5) is 18.9. The van der Waals surface area contributed by atoms with Crippen LogP contribution < -0.4 is 11.5 Å². The van der Waals surface area contributed by atoms with Gasteiger partial charge in [-0.15, -0.1) is 0 Å². The van der Waals surface area contributed by atoms with Crippen molar-refractivity contribution in [2.45, 2.75) is 122 Å². The first kappa shape index (κ1) is 25.5. The van der Waals surface area contributed by atoms with Crippen LogP contribution in [-0.4, -0.2) is 15.9 Å². The normalized spacial score (nSPS) is 12.3. The number of nitrogen functional groups attached to an aromatic ring is 1. The molecule has 1 aromatic rings. The smallest absolute Gasteiger partial charge is 0.220 e. The number of nitrogens with two attached hydrogens (primary N) is 2. The second-order valence-electron chi connectivity index (χ2n) is 8.66. The van der Waals surface area contributed by atoms with Crippen molar-refractivity contribution in [3.63, 3.8) is 0 Å². The number of carbonyl (C=O) groups is 1. The van der Waals surface area contributed by atoms with Crippen molar-refractivity contribution in [2.75, 3.05) is 5.73 Å². The average Bonchev–Trinajstić information content (AvgIpc) is 3.11. The molecule has 29 heavy (non-hydrogen) atoms. The van der Waals surface area contributed by atoms with Crippen LogP contribution >= 0.6 is 0 Å². The van der Waals surface area contributed by atoms with Crippen molar-refractivity contribution in [3.8, 4) is 0 Å². The Bertz CT molecular complexity index is 515. The number of hydrogen-bond acceptors (Lipinski definition) is 3. The molecule has 0 saturated heterocycles. The van der Waals surface area contributed by atoms with Crippen LogP contribution in [0.5, 0.6) is 0 Å². The third-order valence-electron chi connectivity index (χ3n) is 5.92. The van der Waals surface area contributed by atoms with Crippen molar-refractivity contribution in [2.24, 2.45) is 11.7 Å². The molecular weight excluding hydrogens is 360 g/mol. The zero-order valence-electron chi connectivity index (χ0n) is 18.9. The molecule has 5 heteroatoms. The number of carbonyl (C=O) groups excluding carboxylic acids is 1. The van der Waals surface area contributed by atoms with Gasteiger partial charge in [0.25, 0.3) is 0 Å². The van der Waals surface area contributed by atoms with Gasteiger partial charge in [-0.1, -0.05) is 96.8 Å². The number of aryl methyl sites for hydroxylation is 1. The summed E-state index contributed by atoms with van der Waals surface area (Å²) in [5, 5.41) is 0. The molecule has 1 aromatic heterocycles. The molecule has 0 saturated carbocycles. The SMILES string of the molecule is CCCCCCCCCCCCCCCCC(CCCc1ncc(N)[nH]1)C(N)=O. The van der Waals surface area contributed by atoms with E-state index >= 15 is 0 Å². The Hall–Kier alpha value is -1.52. The highest BCUT2D eigenvalue weighted by atomic mass is 16.1. The molecule has 0 aliphatic carbocycles. The van der Waals surface area contributed by atoms with E-state index in [4.69, 9.17) is 11.5 Å². The lowest BCUT2D eigenvalue weighted by Crippen LogP contribution is -2.23. The standard InChI is InChI=1S/C24H46N4O/c1-2-3-4-5-6-7-8-9-10-11-12-13-14-15-17-21(24(26)29)18-16-19-23-27-20-22(25)28-23/h20-21H,2-19,25H2,1H3,(H2,26,29)(H,27,28). The molecule has 0 aromatic carbocycles. The number of primary amides is 1. The maximum Gasteiger partial charge on any atom is 0.220 e. The number of aromatic amines is 1. The van der Waals surface area contributed by atoms with E-state index in [0.717, 1.165) is 37.9 Å². The van der Waals surface area contributed by atoms with Crippen LogP contribution in [-0.2, 0) is 11.2 Å². The molecule has 0 fully saturated rings. The summed E-state index contributed by atoms with van der Waals surface area (Å²) in [7, 11) is 0. The molecule has 5 nitrogen and oxygen atoms in total. The number of nitrogens with zero attached hydrogens (tertiary/aromatic N) is 1. The number of imidazole rings is 1. The Morgan fingerprint density at radius 1 is 0.862 bits per heavy atom. The lowest BCUT2D eigenvalue weighted by Gasteiger charge is -2.12. The van der Waals surface area contributed by atoms with Crippen LogP contribution in [0.2, 0.25) is 0 Å². The molecule has 1 atom stereocenters. The van der Waals surface area contributed by atoms with Gasteiger partial charge in [0.05, 0.1) is 6.20 Å². The van der Waals surface area contributed by atoms with Crippen molar-refractivity contribution in [3.05, 3.63) is 12.0 Å². The molecule has 0 spiro atoms. The van der Waals surface area contributed by atoms with E-state index in [0.29, 0.717) is 5.82 Å². The fourth-order valence-electron chi connectivity index (χ4n) is 4.04. The monoisotopic (exact) mass is 406 g/mol. The summed E-state index contributed by atoms with van der Waals surface area (Å²) in [5.41, 5.74) is 11.2. The summed E-state index contributed by atoms with van der Waals surface area (Å²) in [6, 6.07) is 0. The van der Waals surface area contributed by atoms with Crippen LogP contribution in [0.3, 0.4) is 0 Å². The Kier molecular flexibility index (Phi) is 15.3. The molecule has 168 valence electrons. The van der Waals surface area contributed by atoms with Gasteiger partial charge in [0.1, 0.15) is 11.6 Å². The van der Waals surface area contributed by atoms with Crippen molar-refractivity contribution in [1.82, 2.24) is 9.97 Å². The Labute approximate surface area is 178 Å². The van der Waals surface area contributed by atoms with Gasteiger partial charge in [-0.05, 0) is 19.3 Å². The summed E-state index contributed by atoms with van der Waals surface area (Å²) < 4.78 is 0. The van der Waals surface area contributed by atoms with E-state index in [1.807, 2.05) is 0 Å². The average molecular weight is 407 g/mol. The maximum atomic E-state index is 11.7. The van der Waals surface area contributed by atoms with E-state index in [-0.39, 0.29) is 11.8 Å². The summed E-state index contributed by atoms with van der Waals surface area (Å²) in [6.07, 6.45) is 24.1. The number of nitrogens with one attached hydrogen (secondary N) is 1. The Morgan fingerprint density at radius 2 is 1.34 bits per heavy atom. The lowest BCUT2D eigenvalue weighted by molar-refractivity contribution is -0.122. The van der Waals surface area contributed by atoms with E-state index in [1.165, 1.54) is 83.5 Å². The first-order chi connectivity index (χ1) is 14.1. The summed E-state index contributed by atoms with van der Waals surface area (Å²) >= 11 is 0. The maximum absolute atomic E-state index is 11.7. The third-order valence-corrected chi connectivity index (χ3v) is 5.92. The van der Waals surface area contributed by atoms with Gasteiger partial charge in [-0.3, -0.25) is 4.79 Å². The minimum absolute atomic E-state index is 0.000338. The van der Waals surface area contributed by atoms with Gasteiger partial charge in [0.2, 0.25) is 5.91 Å². The Morgan fingerprint density at radius 3 is 1.79 bits per heavy atom. The summed E-state index contributed by atoms with van der Waals surface area (Å²) in [5.74, 6) is 1.33.